The molecule has 0 aromatic heterocycles. The number of ether oxygens (including phenoxy) is 1. The van der Waals surface area contributed by atoms with Gasteiger partial charge in [-0.2, -0.15) is 0 Å². The lowest BCUT2D eigenvalue weighted by molar-refractivity contribution is 0.0985. The van der Waals surface area contributed by atoms with Gasteiger partial charge in [-0.05, 0) is 42.2 Å². The third-order valence-corrected chi connectivity index (χ3v) is 5.39. The Balaban J connectivity index is 1.57. The van der Waals surface area contributed by atoms with Gasteiger partial charge in [0.25, 0.3) is 5.91 Å². The molecule has 0 saturated carbocycles. The van der Waals surface area contributed by atoms with Gasteiger partial charge < -0.3 is 9.64 Å². The minimum Gasteiger partial charge on any atom is -0.486 e. The zero-order valence-electron chi connectivity index (χ0n) is 15.2. The summed E-state index contributed by atoms with van der Waals surface area (Å²) in [5.74, 6) is 0.286. The van der Waals surface area contributed by atoms with Crippen LogP contribution in [0.2, 0.25) is 10.0 Å². The second-order valence-corrected chi connectivity index (χ2v) is 7.55. The maximum absolute atomic E-state index is 13.1. The molecule has 0 radical (unpaired) electrons. The predicted molar refractivity (Wildman–Crippen MR) is 114 cm³/mol. The van der Waals surface area contributed by atoms with Crippen LogP contribution >= 0.6 is 23.2 Å². The molecule has 3 aromatic carbocycles. The number of benzene rings is 3. The number of hydrogen-bond acceptors (Lipinski definition) is 2. The van der Waals surface area contributed by atoms with Crippen molar-refractivity contribution in [3.8, 4) is 5.75 Å². The van der Waals surface area contributed by atoms with Crippen molar-refractivity contribution >= 4 is 34.8 Å². The Bertz CT molecular complexity index is 981. The van der Waals surface area contributed by atoms with Gasteiger partial charge in [-0.3, -0.25) is 4.79 Å². The smallest absolute Gasteiger partial charge is 0.258 e. The number of anilines is 1. The van der Waals surface area contributed by atoms with E-state index in [0.29, 0.717) is 34.5 Å². The van der Waals surface area contributed by atoms with Gasteiger partial charge in [-0.15, -0.1) is 0 Å². The van der Waals surface area contributed by atoms with Crippen LogP contribution in [0.5, 0.6) is 5.75 Å². The van der Waals surface area contributed by atoms with E-state index < -0.39 is 0 Å². The van der Waals surface area contributed by atoms with Crippen molar-refractivity contribution in [3.05, 3.63) is 93.5 Å². The van der Waals surface area contributed by atoms with Crippen molar-refractivity contribution < 1.29 is 9.53 Å². The van der Waals surface area contributed by atoms with Crippen LogP contribution in [0.25, 0.3) is 0 Å². The highest BCUT2D eigenvalue weighted by Gasteiger charge is 2.24. The molecule has 1 amide bonds. The van der Waals surface area contributed by atoms with E-state index in [-0.39, 0.29) is 5.91 Å². The van der Waals surface area contributed by atoms with E-state index in [1.54, 1.807) is 17.0 Å². The van der Waals surface area contributed by atoms with E-state index in [1.807, 2.05) is 48.5 Å². The summed E-state index contributed by atoms with van der Waals surface area (Å²) >= 11 is 12.8. The van der Waals surface area contributed by atoms with Gasteiger partial charge in [-0.25, -0.2) is 0 Å². The number of halogens is 2. The Kier molecular flexibility index (Phi) is 5.56. The van der Waals surface area contributed by atoms with E-state index in [9.17, 15) is 4.79 Å². The second kappa shape index (κ2) is 8.26. The van der Waals surface area contributed by atoms with Crippen LogP contribution in [0.15, 0.2) is 66.7 Å². The number of amides is 1. The number of rotatable bonds is 4. The van der Waals surface area contributed by atoms with Gasteiger partial charge in [-0.1, -0.05) is 71.7 Å². The summed E-state index contributed by atoms with van der Waals surface area (Å²) in [6, 6.07) is 21.0. The average Bonchev–Trinajstić information content (AvgIpc) is 2.73. The van der Waals surface area contributed by atoms with Crippen LogP contribution in [0, 0.1) is 0 Å². The molecule has 0 spiro atoms. The summed E-state index contributed by atoms with van der Waals surface area (Å²) in [5, 5.41) is 0.661. The minimum atomic E-state index is -0.106. The number of nitrogens with zero attached hydrogens (tertiary/aromatic N) is 1. The standard InChI is InChI=1S/C23H19Cl2NO2/c24-19-13-18(14-20(25)22(19)28-15-16-7-2-1-3-8-16)23(27)26-12-6-10-17-9-4-5-11-21(17)26/h1-5,7-9,11,13-14H,6,10,12,15H2. The van der Waals surface area contributed by atoms with Crippen molar-refractivity contribution in [2.75, 3.05) is 11.4 Å². The van der Waals surface area contributed by atoms with Crippen LogP contribution < -0.4 is 9.64 Å². The van der Waals surface area contributed by atoms with E-state index in [1.165, 1.54) is 5.56 Å². The largest absolute Gasteiger partial charge is 0.486 e. The zero-order chi connectivity index (χ0) is 19.5. The molecular formula is C23H19Cl2NO2. The van der Waals surface area contributed by atoms with Gasteiger partial charge in [0.2, 0.25) is 0 Å². The van der Waals surface area contributed by atoms with Crippen molar-refractivity contribution in [1.82, 2.24) is 0 Å². The van der Waals surface area contributed by atoms with Gasteiger partial charge in [0.1, 0.15) is 6.61 Å². The monoisotopic (exact) mass is 411 g/mol. The first-order valence-corrected chi connectivity index (χ1v) is 9.94. The first kappa shape index (κ1) is 18.9. The van der Waals surface area contributed by atoms with E-state index in [2.05, 4.69) is 6.07 Å². The molecular weight excluding hydrogens is 393 g/mol. The van der Waals surface area contributed by atoms with E-state index >= 15 is 0 Å². The Hall–Kier alpha value is -2.49. The highest BCUT2D eigenvalue weighted by atomic mass is 35.5. The molecule has 0 atom stereocenters. The summed E-state index contributed by atoms with van der Waals surface area (Å²) in [5.41, 5.74) is 3.61. The Morgan fingerprint density at radius 2 is 1.64 bits per heavy atom. The Morgan fingerprint density at radius 3 is 2.39 bits per heavy atom. The Labute approximate surface area is 174 Å². The zero-order valence-corrected chi connectivity index (χ0v) is 16.7. The molecule has 0 N–H and O–H groups in total. The number of fused-ring (bicyclic) bond motifs is 1. The topological polar surface area (TPSA) is 29.5 Å². The number of aryl methyl sites for hydroxylation is 1. The van der Waals surface area contributed by atoms with Gasteiger partial charge in [0.05, 0.1) is 10.0 Å². The molecule has 5 heteroatoms. The number of carbonyl (C=O) groups excluding carboxylic acids is 1. The lowest BCUT2D eigenvalue weighted by atomic mass is 10.0. The molecule has 4 rings (SSSR count). The normalized spacial score (nSPS) is 13.1. The lowest BCUT2D eigenvalue weighted by Crippen LogP contribution is -2.35. The van der Waals surface area contributed by atoms with Crippen LogP contribution in [0.1, 0.15) is 27.9 Å². The maximum atomic E-state index is 13.1. The maximum Gasteiger partial charge on any atom is 0.258 e. The molecule has 1 aliphatic rings. The molecule has 0 fully saturated rings. The Morgan fingerprint density at radius 1 is 0.964 bits per heavy atom. The van der Waals surface area contributed by atoms with Crippen LogP contribution in [-0.2, 0) is 13.0 Å². The SMILES string of the molecule is O=C(c1cc(Cl)c(OCc2ccccc2)c(Cl)c1)N1CCCc2ccccc21. The summed E-state index contributed by atoms with van der Waals surface area (Å²) in [7, 11) is 0. The fraction of sp³-hybridized carbons (Fsp3) is 0.174. The number of para-hydroxylation sites is 1. The van der Waals surface area contributed by atoms with Gasteiger partial charge in [0, 0.05) is 17.8 Å². The van der Waals surface area contributed by atoms with Crippen molar-refractivity contribution in [2.45, 2.75) is 19.4 Å². The van der Waals surface area contributed by atoms with Crippen LogP contribution in [0.4, 0.5) is 5.69 Å². The molecule has 0 saturated heterocycles. The molecule has 28 heavy (non-hydrogen) atoms. The van der Waals surface area contributed by atoms with Crippen LogP contribution in [0.3, 0.4) is 0 Å². The van der Waals surface area contributed by atoms with Crippen molar-refractivity contribution in [1.29, 1.82) is 0 Å². The van der Waals surface area contributed by atoms with E-state index in [0.717, 1.165) is 24.1 Å². The van der Waals surface area contributed by atoms with Gasteiger partial charge >= 0.3 is 0 Å². The summed E-state index contributed by atoms with van der Waals surface area (Å²) in [4.78, 5) is 14.9. The highest BCUT2D eigenvalue weighted by Crippen LogP contribution is 2.36. The molecule has 1 heterocycles. The first-order chi connectivity index (χ1) is 13.6. The van der Waals surface area contributed by atoms with Crippen molar-refractivity contribution in [2.24, 2.45) is 0 Å². The van der Waals surface area contributed by atoms with Gasteiger partial charge in [0.15, 0.2) is 5.75 Å². The molecule has 3 aromatic rings. The second-order valence-electron chi connectivity index (χ2n) is 6.73. The first-order valence-electron chi connectivity index (χ1n) is 9.19. The molecule has 1 aliphatic heterocycles. The number of hydrogen-bond donors (Lipinski definition) is 0. The summed E-state index contributed by atoms with van der Waals surface area (Å²) in [6.07, 6.45) is 1.91. The number of carbonyl (C=O) groups is 1. The fourth-order valence-corrected chi connectivity index (χ4v) is 4.05. The fourth-order valence-electron chi connectivity index (χ4n) is 3.45. The molecule has 3 nitrogen and oxygen atoms in total. The summed E-state index contributed by atoms with van der Waals surface area (Å²) < 4.78 is 5.80. The minimum absolute atomic E-state index is 0.106. The summed E-state index contributed by atoms with van der Waals surface area (Å²) in [6.45, 7) is 1.03. The van der Waals surface area contributed by atoms with E-state index in [4.69, 9.17) is 27.9 Å². The van der Waals surface area contributed by atoms with Crippen molar-refractivity contribution in [3.63, 3.8) is 0 Å². The highest BCUT2D eigenvalue weighted by molar-refractivity contribution is 6.37. The predicted octanol–water partition coefficient (Wildman–Crippen LogP) is 6.17. The molecule has 0 unspecified atom stereocenters. The third kappa shape index (κ3) is 3.87. The quantitative estimate of drug-likeness (QED) is 0.513. The third-order valence-electron chi connectivity index (χ3n) is 4.83. The lowest BCUT2D eigenvalue weighted by Gasteiger charge is -2.29. The van der Waals surface area contributed by atoms with Crippen LogP contribution in [-0.4, -0.2) is 12.5 Å². The molecule has 0 bridgehead atoms. The molecule has 0 aliphatic carbocycles. The average molecular weight is 412 g/mol. The molecule has 142 valence electrons.